The summed E-state index contributed by atoms with van der Waals surface area (Å²) < 4.78 is 12.8. The molecular formula is C17H14FN3O2. The quantitative estimate of drug-likeness (QED) is 0.886. The molecule has 0 fully saturated rings. The number of carbonyl (C=O) groups excluding carboxylic acids is 2. The molecule has 2 N–H and O–H groups in total. The first-order chi connectivity index (χ1) is 11.1. The molecule has 116 valence electrons. The zero-order valence-corrected chi connectivity index (χ0v) is 12.2. The van der Waals surface area contributed by atoms with Gasteiger partial charge in [0.05, 0.1) is 24.2 Å². The number of benzene rings is 2. The minimum atomic E-state index is -0.430. The third kappa shape index (κ3) is 4.93. The van der Waals surface area contributed by atoms with Crippen LogP contribution in [0.15, 0.2) is 48.5 Å². The largest absolute Gasteiger partial charge is 0.347 e. The third-order valence-corrected chi connectivity index (χ3v) is 3.05. The van der Waals surface area contributed by atoms with Crippen molar-refractivity contribution in [3.05, 3.63) is 65.5 Å². The normalized spacial score (nSPS) is 9.74. The zero-order chi connectivity index (χ0) is 16.7. The molecule has 0 aliphatic rings. The molecule has 0 aromatic heterocycles. The summed E-state index contributed by atoms with van der Waals surface area (Å²) in [6.07, 6.45) is 0.0579. The van der Waals surface area contributed by atoms with E-state index in [-0.39, 0.29) is 24.7 Å². The summed E-state index contributed by atoms with van der Waals surface area (Å²) in [5.74, 6) is -1.15. The maximum absolute atomic E-state index is 12.8. The first-order valence-electron chi connectivity index (χ1n) is 6.88. The highest BCUT2D eigenvalue weighted by molar-refractivity contribution is 5.95. The maximum Gasteiger partial charge on any atom is 0.243 e. The lowest BCUT2D eigenvalue weighted by molar-refractivity contribution is -0.123. The summed E-state index contributed by atoms with van der Waals surface area (Å²) in [5.41, 5.74) is 1.39. The minimum absolute atomic E-state index is 0.0579. The minimum Gasteiger partial charge on any atom is -0.347 e. The Bertz CT molecular complexity index is 751. The van der Waals surface area contributed by atoms with Crippen molar-refractivity contribution in [2.45, 2.75) is 6.42 Å². The number of hydrogen-bond donors (Lipinski definition) is 2. The number of nitrogens with one attached hydrogen (secondary N) is 2. The van der Waals surface area contributed by atoms with Gasteiger partial charge in [0.15, 0.2) is 0 Å². The molecule has 2 rings (SSSR count). The van der Waals surface area contributed by atoms with E-state index >= 15 is 0 Å². The van der Waals surface area contributed by atoms with Crippen molar-refractivity contribution >= 4 is 17.5 Å². The molecule has 0 heterocycles. The predicted molar refractivity (Wildman–Crippen MR) is 82.9 cm³/mol. The Kier molecular flexibility index (Phi) is 5.42. The molecule has 0 aliphatic heterocycles. The number of halogens is 1. The number of carbonyl (C=O) groups is 2. The van der Waals surface area contributed by atoms with E-state index in [0.717, 1.165) is 0 Å². The molecule has 0 unspecified atom stereocenters. The molecule has 5 nitrogen and oxygen atoms in total. The number of hydrogen-bond acceptors (Lipinski definition) is 3. The molecule has 23 heavy (non-hydrogen) atoms. The molecule has 0 saturated carbocycles. The third-order valence-electron chi connectivity index (χ3n) is 3.05. The van der Waals surface area contributed by atoms with E-state index in [0.29, 0.717) is 16.8 Å². The lowest BCUT2D eigenvalue weighted by atomic mass is 10.1. The van der Waals surface area contributed by atoms with Gasteiger partial charge in [-0.1, -0.05) is 24.3 Å². The van der Waals surface area contributed by atoms with Crippen LogP contribution in [0.1, 0.15) is 11.1 Å². The molecule has 0 saturated heterocycles. The summed E-state index contributed by atoms with van der Waals surface area (Å²) in [7, 11) is 0. The predicted octanol–water partition coefficient (Wildman–Crippen LogP) is 1.99. The molecule has 2 aromatic carbocycles. The van der Waals surface area contributed by atoms with E-state index < -0.39 is 5.91 Å². The summed E-state index contributed by atoms with van der Waals surface area (Å²) >= 11 is 0. The average Bonchev–Trinajstić information content (AvgIpc) is 2.55. The fraction of sp³-hybridized carbons (Fsp3) is 0.118. The molecule has 0 bridgehead atoms. The summed E-state index contributed by atoms with van der Waals surface area (Å²) in [6, 6.07) is 14.1. The second-order valence-electron chi connectivity index (χ2n) is 4.79. The number of rotatable bonds is 5. The van der Waals surface area contributed by atoms with Gasteiger partial charge in [0.2, 0.25) is 11.8 Å². The highest BCUT2D eigenvalue weighted by Crippen LogP contribution is 2.12. The van der Waals surface area contributed by atoms with Gasteiger partial charge in [0.25, 0.3) is 0 Å². The number of anilines is 1. The molecule has 2 amide bonds. The number of amides is 2. The van der Waals surface area contributed by atoms with Gasteiger partial charge >= 0.3 is 0 Å². The van der Waals surface area contributed by atoms with Crippen LogP contribution in [0, 0.1) is 17.1 Å². The lowest BCUT2D eigenvalue weighted by Gasteiger charge is -2.08. The SMILES string of the molecule is N#Cc1ccccc1NC(=O)CNC(=O)Cc1ccc(F)cc1. The summed E-state index contributed by atoms with van der Waals surface area (Å²) in [5, 5.41) is 14.0. The summed E-state index contributed by atoms with van der Waals surface area (Å²) in [4.78, 5) is 23.5. The monoisotopic (exact) mass is 311 g/mol. The van der Waals surface area contributed by atoms with Gasteiger partial charge in [-0.05, 0) is 29.8 Å². The smallest absolute Gasteiger partial charge is 0.243 e. The Labute approximate surface area is 132 Å². The van der Waals surface area contributed by atoms with Gasteiger partial charge in [-0.15, -0.1) is 0 Å². The van der Waals surface area contributed by atoms with Crippen LogP contribution in [0.3, 0.4) is 0 Å². The van der Waals surface area contributed by atoms with Crippen molar-refractivity contribution < 1.29 is 14.0 Å². The van der Waals surface area contributed by atoms with Crippen LogP contribution in [0.5, 0.6) is 0 Å². The Hall–Kier alpha value is -3.20. The molecular weight excluding hydrogens is 297 g/mol. The van der Waals surface area contributed by atoms with E-state index in [9.17, 15) is 14.0 Å². The van der Waals surface area contributed by atoms with Crippen molar-refractivity contribution in [1.29, 1.82) is 5.26 Å². The first-order valence-corrected chi connectivity index (χ1v) is 6.88. The zero-order valence-electron chi connectivity index (χ0n) is 12.2. The van der Waals surface area contributed by atoms with Crippen molar-refractivity contribution in [3.63, 3.8) is 0 Å². The number of nitriles is 1. The molecule has 0 spiro atoms. The highest BCUT2D eigenvalue weighted by atomic mass is 19.1. The van der Waals surface area contributed by atoms with E-state index in [4.69, 9.17) is 5.26 Å². The standard InChI is InChI=1S/C17H14FN3O2/c18-14-7-5-12(6-8-14)9-16(22)20-11-17(23)21-15-4-2-1-3-13(15)10-19/h1-8H,9,11H2,(H,20,22)(H,21,23). The fourth-order valence-electron chi connectivity index (χ4n) is 1.91. The molecule has 0 aliphatic carbocycles. The van der Waals surface area contributed by atoms with E-state index in [1.54, 1.807) is 24.3 Å². The first kappa shape index (κ1) is 16.2. The summed E-state index contributed by atoms with van der Waals surface area (Å²) in [6.45, 7) is -0.209. The van der Waals surface area contributed by atoms with Crippen LogP contribution in [0.25, 0.3) is 0 Å². The van der Waals surface area contributed by atoms with Gasteiger partial charge in [0.1, 0.15) is 11.9 Å². The van der Waals surface area contributed by atoms with E-state index in [1.807, 2.05) is 6.07 Å². The lowest BCUT2D eigenvalue weighted by Crippen LogP contribution is -2.33. The second-order valence-corrected chi connectivity index (χ2v) is 4.79. The Balaban J connectivity index is 1.83. The average molecular weight is 311 g/mol. The van der Waals surface area contributed by atoms with Crippen LogP contribution >= 0.6 is 0 Å². The van der Waals surface area contributed by atoms with Crippen LogP contribution in [0.2, 0.25) is 0 Å². The van der Waals surface area contributed by atoms with Crippen molar-refractivity contribution in [2.24, 2.45) is 0 Å². The molecule has 6 heteroatoms. The van der Waals surface area contributed by atoms with Gasteiger partial charge in [-0.2, -0.15) is 5.26 Å². The van der Waals surface area contributed by atoms with E-state index in [1.165, 1.54) is 24.3 Å². The highest BCUT2D eigenvalue weighted by Gasteiger charge is 2.09. The van der Waals surface area contributed by atoms with Crippen LogP contribution in [-0.2, 0) is 16.0 Å². The molecule has 2 aromatic rings. The van der Waals surface area contributed by atoms with Crippen LogP contribution < -0.4 is 10.6 Å². The number of para-hydroxylation sites is 1. The van der Waals surface area contributed by atoms with Gasteiger partial charge < -0.3 is 10.6 Å². The second kappa shape index (κ2) is 7.71. The van der Waals surface area contributed by atoms with Crippen LogP contribution in [-0.4, -0.2) is 18.4 Å². The molecule has 0 radical (unpaired) electrons. The topological polar surface area (TPSA) is 82.0 Å². The Morgan fingerprint density at radius 1 is 1.04 bits per heavy atom. The van der Waals surface area contributed by atoms with Gasteiger partial charge in [-0.25, -0.2) is 4.39 Å². The molecule has 0 atom stereocenters. The fourth-order valence-corrected chi connectivity index (χ4v) is 1.91. The number of nitrogens with zero attached hydrogens (tertiary/aromatic N) is 1. The maximum atomic E-state index is 12.8. The van der Waals surface area contributed by atoms with Gasteiger partial charge in [0, 0.05) is 0 Å². The van der Waals surface area contributed by atoms with Crippen LogP contribution in [0.4, 0.5) is 10.1 Å². The Morgan fingerprint density at radius 3 is 2.43 bits per heavy atom. The Morgan fingerprint density at radius 2 is 1.74 bits per heavy atom. The van der Waals surface area contributed by atoms with Gasteiger partial charge in [-0.3, -0.25) is 9.59 Å². The van der Waals surface area contributed by atoms with Crippen molar-refractivity contribution in [1.82, 2.24) is 5.32 Å². The van der Waals surface area contributed by atoms with E-state index in [2.05, 4.69) is 10.6 Å². The van der Waals surface area contributed by atoms with Crippen molar-refractivity contribution in [2.75, 3.05) is 11.9 Å². The van der Waals surface area contributed by atoms with Crippen molar-refractivity contribution in [3.8, 4) is 6.07 Å².